The summed E-state index contributed by atoms with van der Waals surface area (Å²) in [5, 5.41) is 0.158. The van der Waals surface area contributed by atoms with Gasteiger partial charge in [-0.3, -0.25) is 0 Å². The lowest BCUT2D eigenvalue weighted by molar-refractivity contribution is -0.135. The number of benzene rings is 1. The molecule has 0 bridgehead atoms. The lowest BCUT2D eigenvalue weighted by Gasteiger charge is -2.39. The van der Waals surface area contributed by atoms with Gasteiger partial charge in [0.2, 0.25) is 0 Å². The average Bonchev–Trinajstić information content (AvgIpc) is 2.96. The third kappa shape index (κ3) is 5.21. The van der Waals surface area contributed by atoms with Gasteiger partial charge in [-0.2, -0.15) is 0 Å². The van der Waals surface area contributed by atoms with Gasteiger partial charge in [-0.05, 0) is 30.1 Å². The minimum atomic E-state index is -1.86. The summed E-state index contributed by atoms with van der Waals surface area (Å²) in [5.74, 6) is 0.312. The highest BCUT2D eigenvalue weighted by Gasteiger charge is 2.43. The first-order valence-corrected chi connectivity index (χ1v) is 12.1. The Hall–Kier alpha value is -1.59. The first-order valence-electron chi connectivity index (χ1n) is 9.16. The van der Waals surface area contributed by atoms with Crippen molar-refractivity contribution >= 4 is 14.3 Å². The summed E-state index contributed by atoms with van der Waals surface area (Å²) in [7, 11) is -0.483. The van der Waals surface area contributed by atoms with E-state index in [1.165, 1.54) is 18.7 Å². The summed E-state index contributed by atoms with van der Waals surface area (Å²) in [4.78, 5) is 11.6. The molecule has 1 aromatic carbocycles. The van der Waals surface area contributed by atoms with Gasteiger partial charge in [0.25, 0.3) is 0 Å². The number of allylic oxidation sites excluding steroid dienone is 1. The van der Waals surface area contributed by atoms with Crippen molar-refractivity contribution in [3.05, 3.63) is 47.7 Å². The predicted molar refractivity (Wildman–Crippen MR) is 106 cm³/mol. The normalized spacial score (nSPS) is 22.3. The van der Waals surface area contributed by atoms with Gasteiger partial charge in [0.15, 0.2) is 8.32 Å². The second-order valence-electron chi connectivity index (χ2n) is 8.81. The van der Waals surface area contributed by atoms with Crippen molar-refractivity contribution in [3.63, 3.8) is 0 Å². The van der Waals surface area contributed by atoms with Crippen LogP contribution in [0.4, 0.5) is 0 Å². The molecule has 0 aliphatic carbocycles. The quantitative estimate of drug-likeness (QED) is 0.409. The van der Waals surface area contributed by atoms with Crippen molar-refractivity contribution in [2.75, 3.05) is 20.3 Å². The van der Waals surface area contributed by atoms with Crippen LogP contribution in [-0.4, -0.2) is 34.6 Å². The Kier molecular flexibility index (Phi) is 6.35. The summed E-state index contributed by atoms with van der Waals surface area (Å²) in [6, 6.07) is 10.4. The highest BCUT2D eigenvalue weighted by atomic mass is 28.4. The third-order valence-corrected chi connectivity index (χ3v) is 10.0. The molecule has 144 valence electrons. The Labute approximate surface area is 158 Å². The van der Waals surface area contributed by atoms with Crippen LogP contribution in [0.5, 0.6) is 0 Å². The molecule has 1 heterocycles. The van der Waals surface area contributed by atoms with Crippen molar-refractivity contribution in [1.82, 2.24) is 0 Å². The molecule has 0 N–H and O–H groups in total. The van der Waals surface area contributed by atoms with Crippen LogP contribution in [0.25, 0.3) is 0 Å². The van der Waals surface area contributed by atoms with E-state index >= 15 is 0 Å². The molecule has 1 aliphatic heterocycles. The standard InChI is InChI=1S/C21H32O4Si/c1-20(2,3)26(5,6)25-16-21(13-17-10-8-7-9-11-17)14-18(24-15-21)12-19(22)23-4/h7-12H,13-16H2,1-6H3/b18-12-. The molecule has 1 aromatic rings. The van der Waals surface area contributed by atoms with E-state index in [0.717, 1.165) is 6.42 Å². The van der Waals surface area contributed by atoms with E-state index in [4.69, 9.17) is 13.9 Å². The smallest absolute Gasteiger partial charge is 0.333 e. The summed E-state index contributed by atoms with van der Waals surface area (Å²) in [6.07, 6.45) is 3.01. The number of carbonyl (C=O) groups excluding carboxylic acids is 1. The fraction of sp³-hybridized carbons (Fsp3) is 0.571. The summed E-state index contributed by atoms with van der Waals surface area (Å²) in [6.45, 7) is 12.5. The Morgan fingerprint density at radius 3 is 2.50 bits per heavy atom. The SMILES string of the molecule is COC(=O)/C=C1/CC(CO[Si](C)(C)C(C)(C)C)(Cc2ccccc2)CO1. The van der Waals surface area contributed by atoms with E-state index < -0.39 is 8.32 Å². The Morgan fingerprint density at radius 1 is 1.27 bits per heavy atom. The van der Waals surface area contributed by atoms with Crippen LogP contribution in [0.1, 0.15) is 32.8 Å². The molecule has 1 fully saturated rings. The number of esters is 1. The van der Waals surface area contributed by atoms with Crippen molar-refractivity contribution in [3.8, 4) is 0 Å². The van der Waals surface area contributed by atoms with Gasteiger partial charge in [0.05, 0.1) is 19.8 Å². The van der Waals surface area contributed by atoms with Crippen LogP contribution >= 0.6 is 0 Å². The van der Waals surface area contributed by atoms with Crippen LogP contribution in [0, 0.1) is 5.41 Å². The maximum Gasteiger partial charge on any atom is 0.333 e. The van der Waals surface area contributed by atoms with Crippen LogP contribution in [0.15, 0.2) is 42.2 Å². The Balaban J connectivity index is 2.20. The summed E-state index contributed by atoms with van der Waals surface area (Å²) in [5.41, 5.74) is 1.10. The Morgan fingerprint density at radius 2 is 1.92 bits per heavy atom. The summed E-state index contributed by atoms with van der Waals surface area (Å²) < 4.78 is 17.1. The lowest BCUT2D eigenvalue weighted by Crippen LogP contribution is -2.44. The van der Waals surface area contributed by atoms with Gasteiger partial charge in [-0.25, -0.2) is 4.79 Å². The molecule has 1 aliphatic rings. The number of methoxy groups -OCH3 is 1. The van der Waals surface area contributed by atoms with E-state index in [1.807, 2.05) is 6.07 Å². The van der Waals surface area contributed by atoms with E-state index in [1.54, 1.807) is 0 Å². The molecule has 2 rings (SSSR count). The minimum Gasteiger partial charge on any atom is -0.497 e. The number of ether oxygens (including phenoxy) is 2. The Bertz CT molecular complexity index is 646. The van der Waals surface area contributed by atoms with Crippen molar-refractivity contribution in [1.29, 1.82) is 0 Å². The van der Waals surface area contributed by atoms with Crippen LogP contribution in [0.3, 0.4) is 0 Å². The van der Waals surface area contributed by atoms with Gasteiger partial charge >= 0.3 is 5.97 Å². The van der Waals surface area contributed by atoms with Crippen LogP contribution in [0.2, 0.25) is 18.1 Å². The number of hydrogen-bond donors (Lipinski definition) is 0. The van der Waals surface area contributed by atoms with Crippen molar-refractivity contribution in [2.24, 2.45) is 5.41 Å². The molecule has 0 spiro atoms. The van der Waals surface area contributed by atoms with Crippen LogP contribution < -0.4 is 0 Å². The van der Waals surface area contributed by atoms with Crippen molar-refractivity contribution < 1.29 is 18.7 Å². The van der Waals surface area contributed by atoms with Crippen LogP contribution in [-0.2, 0) is 25.1 Å². The van der Waals surface area contributed by atoms with E-state index in [-0.39, 0.29) is 16.4 Å². The molecular formula is C21H32O4Si. The first-order chi connectivity index (χ1) is 12.1. The first kappa shape index (κ1) is 20.7. The zero-order valence-corrected chi connectivity index (χ0v) is 17.9. The predicted octanol–water partition coefficient (Wildman–Crippen LogP) is 4.71. The second kappa shape index (κ2) is 7.97. The largest absolute Gasteiger partial charge is 0.497 e. The average molecular weight is 377 g/mol. The highest BCUT2D eigenvalue weighted by Crippen LogP contribution is 2.42. The van der Waals surface area contributed by atoms with Gasteiger partial charge in [-0.1, -0.05) is 51.1 Å². The van der Waals surface area contributed by atoms with Gasteiger partial charge in [0.1, 0.15) is 5.76 Å². The maximum atomic E-state index is 11.6. The number of carbonyl (C=O) groups is 1. The summed E-state index contributed by atoms with van der Waals surface area (Å²) >= 11 is 0. The fourth-order valence-electron chi connectivity index (χ4n) is 2.84. The molecule has 0 radical (unpaired) electrons. The van der Waals surface area contributed by atoms with Crippen molar-refractivity contribution in [2.45, 2.75) is 51.7 Å². The monoisotopic (exact) mass is 376 g/mol. The molecule has 0 saturated carbocycles. The van der Waals surface area contributed by atoms with Gasteiger partial charge in [0, 0.05) is 18.4 Å². The zero-order chi connectivity index (χ0) is 19.4. The zero-order valence-electron chi connectivity index (χ0n) is 16.9. The number of rotatable bonds is 6. The maximum absolute atomic E-state index is 11.6. The van der Waals surface area contributed by atoms with E-state index in [0.29, 0.717) is 25.4 Å². The third-order valence-electron chi connectivity index (χ3n) is 5.56. The minimum absolute atomic E-state index is 0.156. The molecule has 1 saturated heterocycles. The van der Waals surface area contributed by atoms with E-state index in [2.05, 4.69) is 58.1 Å². The van der Waals surface area contributed by atoms with Gasteiger partial charge in [-0.15, -0.1) is 0 Å². The fourth-order valence-corrected chi connectivity index (χ4v) is 3.94. The molecule has 5 heteroatoms. The highest BCUT2D eigenvalue weighted by molar-refractivity contribution is 6.74. The lowest BCUT2D eigenvalue weighted by atomic mass is 9.81. The molecule has 1 atom stereocenters. The molecule has 1 unspecified atom stereocenters. The van der Waals surface area contributed by atoms with E-state index in [9.17, 15) is 4.79 Å². The molecule has 0 amide bonds. The number of hydrogen-bond acceptors (Lipinski definition) is 4. The van der Waals surface area contributed by atoms with Gasteiger partial charge < -0.3 is 13.9 Å². The molecular weight excluding hydrogens is 344 g/mol. The molecule has 4 nitrogen and oxygen atoms in total. The topological polar surface area (TPSA) is 44.8 Å². The second-order valence-corrected chi connectivity index (χ2v) is 13.6. The molecule has 0 aromatic heterocycles. The molecule has 26 heavy (non-hydrogen) atoms.